The van der Waals surface area contributed by atoms with E-state index in [0.717, 1.165) is 5.56 Å². The summed E-state index contributed by atoms with van der Waals surface area (Å²) in [5.41, 5.74) is 0.846. The zero-order valence-electron chi connectivity index (χ0n) is 16.4. The predicted octanol–water partition coefficient (Wildman–Crippen LogP) is 2.08. The van der Waals surface area contributed by atoms with Gasteiger partial charge in [0, 0.05) is 6.04 Å². The molecule has 0 bridgehead atoms. The van der Waals surface area contributed by atoms with Gasteiger partial charge in [-0.3, -0.25) is 19.7 Å². The number of fused-ring (bicyclic) bond motifs is 1. The van der Waals surface area contributed by atoms with Gasteiger partial charge in [-0.15, -0.1) is 0 Å². The fraction of sp³-hybridized carbons (Fsp3) is 0.318. The number of aromatic hydroxyl groups is 1. The van der Waals surface area contributed by atoms with Crippen LogP contribution in [0.5, 0.6) is 5.75 Å². The Labute approximate surface area is 168 Å². The molecule has 2 aliphatic heterocycles. The number of hydrogen-bond donors (Lipinski definition) is 2. The Morgan fingerprint density at radius 1 is 1.07 bits per heavy atom. The Kier molecular flexibility index (Phi) is 4.42. The highest BCUT2D eigenvalue weighted by molar-refractivity contribution is 6.24. The van der Waals surface area contributed by atoms with E-state index in [1.807, 2.05) is 19.1 Å². The standard InChI is InChI=1S/C22H22N2O5/c1-12-4-8-14(9-5-12)24-19(26)16-17(20(24)27)22(2,21(28)29-3)23-18(16)13-6-10-15(25)11-7-13/h4-11,16-18,23,25H,1-3H3/t16-,17+,18-,22+/m0/s1. The molecule has 29 heavy (non-hydrogen) atoms. The minimum Gasteiger partial charge on any atom is -0.508 e. The molecule has 2 fully saturated rings. The van der Waals surface area contributed by atoms with Gasteiger partial charge in [-0.05, 0) is 43.7 Å². The van der Waals surface area contributed by atoms with E-state index < -0.39 is 35.3 Å². The molecule has 0 aromatic heterocycles. The third-order valence-electron chi connectivity index (χ3n) is 5.94. The lowest BCUT2D eigenvalue weighted by Crippen LogP contribution is -2.54. The number of phenols is 1. The number of nitrogens with zero attached hydrogens (tertiary/aromatic N) is 1. The van der Waals surface area contributed by atoms with Crippen LogP contribution >= 0.6 is 0 Å². The molecule has 0 aliphatic carbocycles. The summed E-state index contributed by atoms with van der Waals surface area (Å²) in [7, 11) is 1.26. The van der Waals surface area contributed by atoms with E-state index in [2.05, 4.69) is 5.32 Å². The van der Waals surface area contributed by atoms with E-state index in [4.69, 9.17) is 4.74 Å². The number of anilines is 1. The van der Waals surface area contributed by atoms with Gasteiger partial charge in [0.25, 0.3) is 0 Å². The number of aryl methyl sites for hydroxylation is 1. The van der Waals surface area contributed by atoms with E-state index in [1.54, 1.807) is 31.2 Å². The van der Waals surface area contributed by atoms with Gasteiger partial charge in [-0.1, -0.05) is 29.8 Å². The SMILES string of the molecule is COC(=O)[C@]1(C)N[C@@H](c2ccc(O)cc2)[C@H]2C(=O)N(c3ccc(C)cc3)C(=O)[C@@H]21. The summed E-state index contributed by atoms with van der Waals surface area (Å²) in [5, 5.41) is 12.8. The monoisotopic (exact) mass is 394 g/mol. The molecule has 0 radical (unpaired) electrons. The minimum absolute atomic E-state index is 0.0918. The summed E-state index contributed by atoms with van der Waals surface area (Å²) in [6, 6.07) is 12.9. The number of imide groups is 1. The van der Waals surface area contributed by atoms with E-state index in [-0.39, 0.29) is 11.7 Å². The lowest BCUT2D eigenvalue weighted by Gasteiger charge is -2.28. The largest absolute Gasteiger partial charge is 0.508 e. The van der Waals surface area contributed by atoms with Crippen LogP contribution in [0.15, 0.2) is 48.5 Å². The number of hydrogen-bond acceptors (Lipinski definition) is 6. The molecule has 0 spiro atoms. The van der Waals surface area contributed by atoms with Crippen LogP contribution in [-0.2, 0) is 19.1 Å². The molecule has 2 aromatic carbocycles. The van der Waals surface area contributed by atoms with E-state index >= 15 is 0 Å². The van der Waals surface area contributed by atoms with Gasteiger partial charge in [-0.25, -0.2) is 4.90 Å². The smallest absolute Gasteiger partial charge is 0.326 e. The van der Waals surface area contributed by atoms with Gasteiger partial charge in [0.05, 0.1) is 24.6 Å². The van der Waals surface area contributed by atoms with Gasteiger partial charge in [0.15, 0.2) is 0 Å². The number of phenolic OH excluding ortho intramolecular Hbond substituents is 1. The molecule has 2 amide bonds. The number of ether oxygens (including phenoxy) is 1. The number of rotatable bonds is 3. The number of nitrogens with one attached hydrogen (secondary N) is 1. The summed E-state index contributed by atoms with van der Waals surface area (Å²) in [4.78, 5) is 40.6. The topological polar surface area (TPSA) is 95.9 Å². The second kappa shape index (κ2) is 6.70. The normalized spacial score (nSPS) is 28.5. The highest BCUT2D eigenvalue weighted by atomic mass is 16.5. The highest BCUT2D eigenvalue weighted by Gasteiger charge is 2.67. The molecule has 7 nitrogen and oxygen atoms in total. The first kappa shape index (κ1) is 19.1. The fourth-order valence-corrected chi connectivity index (χ4v) is 4.46. The van der Waals surface area contributed by atoms with Crippen LogP contribution in [0.1, 0.15) is 24.1 Å². The number of amides is 2. The van der Waals surface area contributed by atoms with Gasteiger partial charge in [-0.2, -0.15) is 0 Å². The molecule has 2 aromatic rings. The fourth-order valence-electron chi connectivity index (χ4n) is 4.46. The molecule has 0 saturated carbocycles. The Hall–Kier alpha value is -3.19. The maximum atomic E-state index is 13.4. The van der Waals surface area contributed by atoms with Gasteiger partial charge < -0.3 is 9.84 Å². The van der Waals surface area contributed by atoms with E-state index in [0.29, 0.717) is 11.3 Å². The molecule has 7 heteroatoms. The van der Waals surface area contributed by atoms with Crippen LogP contribution in [0.25, 0.3) is 0 Å². The van der Waals surface area contributed by atoms with Crippen molar-refractivity contribution in [3.8, 4) is 5.75 Å². The summed E-state index contributed by atoms with van der Waals surface area (Å²) in [5.74, 6) is -2.96. The molecular weight excluding hydrogens is 372 g/mol. The van der Waals surface area contributed by atoms with Crippen LogP contribution in [0.4, 0.5) is 5.69 Å². The number of benzene rings is 2. The van der Waals surface area contributed by atoms with Crippen molar-refractivity contribution in [1.82, 2.24) is 5.32 Å². The predicted molar refractivity (Wildman–Crippen MR) is 105 cm³/mol. The van der Waals surface area contributed by atoms with Crippen LogP contribution in [-0.4, -0.2) is 35.5 Å². The Morgan fingerprint density at radius 3 is 2.28 bits per heavy atom. The zero-order valence-corrected chi connectivity index (χ0v) is 16.4. The van der Waals surface area contributed by atoms with Crippen molar-refractivity contribution in [2.75, 3.05) is 12.0 Å². The van der Waals surface area contributed by atoms with Gasteiger partial charge in [0.1, 0.15) is 11.3 Å². The first-order valence-electron chi connectivity index (χ1n) is 9.37. The zero-order chi connectivity index (χ0) is 20.9. The summed E-state index contributed by atoms with van der Waals surface area (Å²) in [6.45, 7) is 3.52. The second-order valence-electron chi connectivity index (χ2n) is 7.76. The summed E-state index contributed by atoms with van der Waals surface area (Å²) in [6.07, 6.45) is 0. The molecule has 150 valence electrons. The van der Waals surface area contributed by atoms with E-state index in [1.165, 1.54) is 24.1 Å². The lowest BCUT2D eigenvalue weighted by molar-refractivity contribution is -0.151. The minimum atomic E-state index is -1.35. The first-order chi connectivity index (χ1) is 13.8. The van der Waals surface area contributed by atoms with Crippen LogP contribution < -0.4 is 10.2 Å². The second-order valence-corrected chi connectivity index (χ2v) is 7.76. The number of esters is 1. The molecule has 2 saturated heterocycles. The van der Waals surface area contributed by atoms with Crippen molar-refractivity contribution < 1.29 is 24.2 Å². The average molecular weight is 394 g/mol. The average Bonchev–Trinajstić information content (AvgIpc) is 3.17. The summed E-state index contributed by atoms with van der Waals surface area (Å²) >= 11 is 0. The molecule has 4 atom stereocenters. The third kappa shape index (κ3) is 2.81. The van der Waals surface area contributed by atoms with Gasteiger partial charge >= 0.3 is 5.97 Å². The van der Waals surface area contributed by atoms with Crippen LogP contribution in [0, 0.1) is 18.8 Å². The number of carbonyl (C=O) groups is 3. The number of carbonyl (C=O) groups excluding carboxylic acids is 3. The van der Waals surface area contributed by atoms with Crippen LogP contribution in [0.2, 0.25) is 0 Å². The van der Waals surface area contributed by atoms with Gasteiger partial charge in [0.2, 0.25) is 11.8 Å². The molecule has 2 heterocycles. The van der Waals surface area contributed by atoms with Crippen molar-refractivity contribution in [2.45, 2.75) is 25.4 Å². The molecule has 2 aliphatic rings. The molecule has 4 rings (SSSR count). The first-order valence-corrected chi connectivity index (χ1v) is 9.37. The van der Waals surface area contributed by atoms with Crippen molar-refractivity contribution in [1.29, 1.82) is 0 Å². The van der Waals surface area contributed by atoms with Crippen molar-refractivity contribution in [3.63, 3.8) is 0 Å². The lowest BCUT2D eigenvalue weighted by atomic mass is 9.80. The Morgan fingerprint density at radius 2 is 1.69 bits per heavy atom. The molecule has 2 N–H and O–H groups in total. The van der Waals surface area contributed by atoms with E-state index in [9.17, 15) is 19.5 Å². The Balaban J connectivity index is 1.81. The van der Waals surface area contributed by atoms with Crippen molar-refractivity contribution in [3.05, 3.63) is 59.7 Å². The highest BCUT2D eigenvalue weighted by Crippen LogP contribution is 2.50. The van der Waals surface area contributed by atoms with Crippen molar-refractivity contribution in [2.24, 2.45) is 11.8 Å². The quantitative estimate of drug-likeness (QED) is 0.611. The molecule has 0 unspecified atom stereocenters. The maximum absolute atomic E-state index is 13.4. The molecular formula is C22H22N2O5. The van der Waals surface area contributed by atoms with Crippen molar-refractivity contribution >= 4 is 23.5 Å². The Bertz CT molecular complexity index is 985. The van der Waals surface area contributed by atoms with Crippen LogP contribution in [0.3, 0.4) is 0 Å². The summed E-state index contributed by atoms with van der Waals surface area (Å²) < 4.78 is 4.97. The third-order valence-corrected chi connectivity index (χ3v) is 5.94. The maximum Gasteiger partial charge on any atom is 0.326 e. The number of methoxy groups -OCH3 is 1.